The summed E-state index contributed by atoms with van der Waals surface area (Å²) in [4.78, 5) is 3.57. The van der Waals surface area contributed by atoms with Crippen molar-refractivity contribution in [3.63, 3.8) is 0 Å². The molecule has 0 unspecified atom stereocenters. The number of anilines is 1. The van der Waals surface area contributed by atoms with Gasteiger partial charge in [-0.2, -0.15) is 27.9 Å². The Morgan fingerprint density at radius 3 is 1.89 bits per heavy atom. The van der Waals surface area contributed by atoms with E-state index in [4.69, 9.17) is 9.84 Å². The van der Waals surface area contributed by atoms with Gasteiger partial charge in [0.2, 0.25) is 5.13 Å². The molecule has 0 aliphatic rings. The quantitative estimate of drug-likeness (QED) is 0.139. The van der Waals surface area contributed by atoms with E-state index < -0.39 is 27.3 Å². The van der Waals surface area contributed by atoms with E-state index in [1.165, 1.54) is 30.7 Å². The van der Waals surface area contributed by atoms with Gasteiger partial charge in [0.1, 0.15) is 29.4 Å². The molecule has 2 heterocycles. The van der Waals surface area contributed by atoms with Crippen LogP contribution < -0.4 is 9.46 Å². The highest BCUT2D eigenvalue weighted by atomic mass is 32.2. The van der Waals surface area contributed by atoms with Gasteiger partial charge in [-0.25, -0.2) is 18.1 Å². The second-order valence-electron chi connectivity index (χ2n) is 11.8. The average Bonchev–Trinajstić information content (AvgIpc) is 3.82. The zero-order chi connectivity index (χ0) is 37.2. The predicted molar refractivity (Wildman–Crippen MR) is 194 cm³/mol. The first-order valence-corrected chi connectivity index (χ1v) is 18.2. The molecule has 9 nitrogen and oxygen atoms in total. The normalized spacial score (nSPS) is 11.9. The Hall–Kier alpha value is -6.30. The highest BCUT2D eigenvalue weighted by molar-refractivity contribution is 7.93. The Bertz CT molecular complexity index is 2440. The molecular weight excluding hydrogens is 722 g/mol. The number of hydrogen-bond donors (Lipinski definition) is 1. The number of halogens is 3. The fourth-order valence-corrected chi connectivity index (χ4v) is 7.97. The Morgan fingerprint density at radius 1 is 0.774 bits per heavy atom. The summed E-state index contributed by atoms with van der Waals surface area (Å²) in [5.74, 6) is -0.0786. The maximum atomic E-state index is 14.2. The second kappa shape index (κ2) is 14.0. The first-order chi connectivity index (χ1) is 25.5. The molecule has 0 saturated heterocycles. The summed E-state index contributed by atoms with van der Waals surface area (Å²) < 4.78 is 82.7. The van der Waals surface area contributed by atoms with Crippen molar-refractivity contribution in [1.82, 2.24) is 19.1 Å². The summed E-state index contributed by atoms with van der Waals surface area (Å²) in [6.45, 7) is 1.78. The number of hydrogen-bond acceptors (Lipinski definition) is 8. The number of nitrogens with one attached hydrogen (secondary N) is 1. The molecular formula is C39H27F3N6O3S2. The third-order valence-corrected chi connectivity index (χ3v) is 10.7. The smallest absolute Gasteiger partial charge is 0.416 e. The van der Waals surface area contributed by atoms with E-state index >= 15 is 0 Å². The lowest BCUT2D eigenvalue weighted by molar-refractivity contribution is -0.137. The summed E-state index contributed by atoms with van der Waals surface area (Å²) >= 11 is 0.834. The molecule has 264 valence electrons. The van der Waals surface area contributed by atoms with E-state index in [1.54, 1.807) is 11.6 Å². The van der Waals surface area contributed by atoms with Crippen LogP contribution in [0.1, 0.15) is 33.5 Å². The van der Waals surface area contributed by atoms with Crippen LogP contribution in [0.15, 0.2) is 145 Å². The molecule has 0 aliphatic carbocycles. The van der Waals surface area contributed by atoms with Crippen LogP contribution in [0.5, 0.6) is 11.5 Å². The van der Waals surface area contributed by atoms with Crippen molar-refractivity contribution in [2.24, 2.45) is 0 Å². The third kappa shape index (κ3) is 6.63. The minimum Gasteiger partial charge on any atom is -0.455 e. The summed E-state index contributed by atoms with van der Waals surface area (Å²) in [7, 11) is -4.15. The molecule has 7 aromatic rings. The van der Waals surface area contributed by atoms with E-state index in [9.17, 15) is 26.9 Å². The lowest BCUT2D eigenvalue weighted by Gasteiger charge is -2.37. The minimum atomic E-state index is -4.69. The van der Waals surface area contributed by atoms with Gasteiger partial charge in [0, 0.05) is 28.4 Å². The Morgan fingerprint density at radius 2 is 1.36 bits per heavy atom. The molecule has 5 aromatic carbocycles. The third-order valence-electron chi connectivity index (χ3n) is 8.68. The van der Waals surface area contributed by atoms with Crippen LogP contribution in [-0.4, -0.2) is 27.6 Å². The summed E-state index contributed by atoms with van der Waals surface area (Å²) in [6.07, 6.45) is -1.99. The molecule has 0 spiro atoms. The van der Waals surface area contributed by atoms with Gasteiger partial charge >= 0.3 is 6.18 Å². The SMILES string of the molecule is Cc1c(-c2cc(C(F)(F)F)ccc2Oc2ccc(S(=O)(=O)Nc3ncns3)cc2C#N)cnn1C(c1ccccc1)(c1ccccc1)c1ccccc1. The van der Waals surface area contributed by atoms with Crippen molar-refractivity contribution >= 4 is 26.7 Å². The predicted octanol–water partition coefficient (Wildman–Crippen LogP) is 9.03. The van der Waals surface area contributed by atoms with Crippen LogP contribution in [0.4, 0.5) is 18.3 Å². The number of nitrogens with zero attached hydrogens (tertiary/aromatic N) is 5. The second-order valence-corrected chi connectivity index (χ2v) is 14.3. The summed E-state index contributed by atoms with van der Waals surface area (Å²) in [5.41, 5.74) is 1.39. The van der Waals surface area contributed by atoms with Gasteiger partial charge in [0.25, 0.3) is 10.0 Å². The molecule has 53 heavy (non-hydrogen) atoms. The number of benzene rings is 5. The molecule has 0 saturated carbocycles. The molecule has 0 bridgehead atoms. The van der Waals surface area contributed by atoms with Crippen LogP contribution in [0.3, 0.4) is 0 Å². The van der Waals surface area contributed by atoms with Gasteiger partial charge < -0.3 is 4.74 Å². The van der Waals surface area contributed by atoms with Crippen molar-refractivity contribution in [3.05, 3.63) is 173 Å². The van der Waals surface area contributed by atoms with Crippen LogP contribution in [0.2, 0.25) is 0 Å². The molecule has 0 atom stereocenters. The molecule has 14 heteroatoms. The van der Waals surface area contributed by atoms with E-state index in [0.29, 0.717) is 11.3 Å². The highest BCUT2D eigenvalue weighted by Crippen LogP contribution is 2.45. The minimum absolute atomic E-state index is 0.00974. The Kier molecular flexibility index (Phi) is 9.29. The van der Waals surface area contributed by atoms with E-state index in [1.807, 2.05) is 97.1 Å². The van der Waals surface area contributed by atoms with Gasteiger partial charge in [-0.1, -0.05) is 91.0 Å². The number of nitriles is 1. The molecule has 0 amide bonds. The highest BCUT2D eigenvalue weighted by Gasteiger charge is 2.41. The molecule has 2 aromatic heterocycles. The standard InChI is InChI=1S/C39H27F3N6O3S2/c1-26-34(24-45-48(26)38(28-11-5-2-6-12-28,29-13-7-3-8-14-29)30-15-9-4-10-16-30)33-22-31(39(40,41)42)17-19-36(33)51-35-20-18-32(21-27(35)23-43)53(49,50)47-37-44-25-46-52-37/h2-22,24-25H,1H3,(H,44,46,47). The average molecular weight is 749 g/mol. The first-order valence-electron chi connectivity index (χ1n) is 16.0. The van der Waals surface area contributed by atoms with Gasteiger partial charge in [-0.15, -0.1) is 0 Å². The number of ether oxygens (including phenoxy) is 1. The number of alkyl halides is 3. The van der Waals surface area contributed by atoms with Crippen molar-refractivity contribution in [2.75, 3.05) is 4.72 Å². The lowest BCUT2D eigenvalue weighted by Crippen LogP contribution is -2.39. The van der Waals surface area contributed by atoms with Crippen molar-refractivity contribution in [1.29, 1.82) is 5.26 Å². The zero-order valence-electron chi connectivity index (χ0n) is 27.7. The fraction of sp³-hybridized carbons (Fsp3) is 0.0769. The largest absolute Gasteiger partial charge is 0.455 e. The van der Waals surface area contributed by atoms with Gasteiger partial charge in [0.05, 0.1) is 22.2 Å². The Balaban J connectivity index is 1.39. The molecule has 7 rings (SSSR count). The Labute approximate surface area is 306 Å². The first kappa shape index (κ1) is 35.1. The van der Waals surface area contributed by atoms with Crippen LogP contribution in [0.25, 0.3) is 11.1 Å². The van der Waals surface area contributed by atoms with Crippen molar-refractivity contribution in [3.8, 4) is 28.7 Å². The summed E-state index contributed by atoms with van der Waals surface area (Å²) in [5, 5.41) is 14.9. The summed E-state index contributed by atoms with van der Waals surface area (Å²) in [6, 6.07) is 37.7. The maximum absolute atomic E-state index is 14.2. The number of aromatic nitrogens is 4. The molecule has 0 radical (unpaired) electrons. The van der Waals surface area contributed by atoms with E-state index in [-0.39, 0.29) is 32.7 Å². The van der Waals surface area contributed by atoms with Crippen LogP contribution in [-0.2, 0) is 21.7 Å². The van der Waals surface area contributed by atoms with Gasteiger partial charge in [-0.05, 0) is 60.0 Å². The fourth-order valence-electron chi connectivity index (χ4n) is 6.29. The number of sulfonamides is 1. The number of rotatable bonds is 10. The van der Waals surface area contributed by atoms with E-state index in [0.717, 1.165) is 46.4 Å². The van der Waals surface area contributed by atoms with Crippen molar-refractivity contribution < 1.29 is 26.3 Å². The van der Waals surface area contributed by atoms with Gasteiger partial charge in [-0.3, -0.25) is 4.72 Å². The molecule has 0 fully saturated rings. The van der Waals surface area contributed by atoms with Gasteiger partial charge in [0.15, 0.2) is 0 Å². The van der Waals surface area contributed by atoms with Crippen molar-refractivity contribution in [2.45, 2.75) is 23.5 Å². The van der Waals surface area contributed by atoms with Crippen LogP contribution >= 0.6 is 11.5 Å². The topological polar surface area (TPSA) is 123 Å². The maximum Gasteiger partial charge on any atom is 0.416 e. The van der Waals surface area contributed by atoms with Crippen LogP contribution in [0, 0.1) is 18.3 Å². The zero-order valence-corrected chi connectivity index (χ0v) is 29.3. The molecule has 1 N–H and O–H groups in total. The van der Waals surface area contributed by atoms with E-state index in [2.05, 4.69) is 14.1 Å². The lowest BCUT2D eigenvalue weighted by atomic mass is 9.77. The monoisotopic (exact) mass is 748 g/mol. The molecule has 0 aliphatic heterocycles.